The molecule has 2 N–H and O–H groups in total. The Morgan fingerprint density at radius 1 is 0.556 bits per heavy atom. The van der Waals surface area contributed by atoms with Gasteiger partial charge in [-0.1, -0.05) is 154 Å². The summed E-state index contributed by atoms with van der Waals surface area (Å²) < 4.78 is 13.3. The Morgan fingerprint density at radius 3 is 1.35 bits per heavy atom. The summed E-state index contributed by atoms with van der Waals surface area (Å²) in [7, 11) is 0. The summed E-state index contributed by atoms with van der Waals surface area (Å²) >= 11 is 0. The average Bonchev–Trinajstić information content (AvgIpc) is 4.17. The van der Waals surface area contributed by atoms with Crippen molar-refractivity contribution in [2.75, 3.05) is 0 Å². The highest BCUT2D eigenvalue weighted by atomic mass is 16.3. The summed E-state index contributed by atoms with van der Waals surface area (Å²) in [6.07, 6.45) is 20.7. The van der Waals surface area contributed by atoms with Crippen LogP contribution in [-0.2, 0) is 10.8 Å². The minimum atomic E-state index is 0. The van der Waals surface area contributed by atoms with Gasteiger partial charge in [0.1, 0.15) is 11.6 Å². The Balaban J connectivity index is -0.000000124. The lowest BCUT2D eigenvalue weighted by Crippen LogP contribution is -2.16. The van der Waals surface area contributed by atoms with Crippen LogP contribution in [0.25, 0.3) is 0 Å². The smallest absolute Gasteiger partial charge is 0.177 e. The first-order valence-corrected chi connectivity index (χ1v) is 25.8. The molecule has 8 aromatic rings. The number of furan rings is 1. The molecular weight excluding hydrogens is 1010 g/mol. The van der Waals surface area contributed by atoms with Gasteiger partial charge in [0, 0.05) is 96.2 Å². The molecule has 0 saturated heterocycles. The first-order chi connectivity index (χ1) is 34.1. The molecule has 0 unspecified atom stereocenters. The summed E-state index contributed by atoms with van der Waals surface area (Å²) in [5, 5.41) is 24.9. The van der Waals surface area contributed by atoms with Gasteiger partial charge < -0.3 is 18.1 Å². The van der Waals surface area contributed by atoms with Crippen LogP contribution in [0, 0.1) is 20.8 Å². The van der Waals surface area contributed by atoms with Crippen molar-refractivity contribution in [2.45, 2.75) is 271 Å². The zero-order valence-electron chi connectivity index (χ0n) is 49.1. The molecule has 0 fully saturated rings. The second-order valence-corrected chi connectivity index (χ2v) is 21.9. The largest absolute Gasteiger partial charge is 0.472 e. The SMILES string of the molecule is C.C.C.C.C.C.C.C.CC(C)(C)c1n[nH]c(C(C)(C)C)n1.CC(C)c1cccnc1.CC(C)c1ccoc1.CC(C)c1nn[nH]n1.CC(C)n1cccc1.CC(C)n1ccnc1.Cc1cc(C)n(C(C)C)n1.Cc1nccn1C(C)C. The lowest BCUT2D eigenvalue weighted by atomic mass is 9.94. The fraction of sp³-hybridized carbons (Fsp3) is 0.615. The number of aromatic amines is 2. The molecular formula is C65H127N15O. The molecule has 0 saturated carbocycles. The maximum Gasteiger partial charge on any atom is 0.177 e. The van der Waals surface area contributed by atoms with E-state index < -0.39 is 0 Å². The van der Waals surface area contributed by atoms with Gasteiger partial charge in [0.2, 0.25) is 0 Å². The van der Waals surface area contributed by atoms with E-state index in [4.69, 9.17) is 4.42 Å². The van der Waals surface area contributed by atoms with E-state index >= 15 is 0 Å². The van der Waals surface area contributed by atoms with E-state index in [2.05, 4.69) is 226 Å². The lowest BCUT2D eigenvalue weighted by molar-refractivity contribution is 0.516. The van der Waals surface area contributed by atoms with E-state index in [1.807, 2.05) is 87.8 Å². The topological polar surface area (TPSA) is 180 Å². The van der Waals surface area contributed by atoms with Crippen molar-refractivity contribution in [3.8, 4) is 0 Å². The highest BCUT2D eigenvalue weighted by molar-refractivity contribution is 5.12. The average molecular weight is 1130 g/mol. The van der Waals surface area contributed by atoms with Crippen molar-refractivity contribution in [3.05, 3.63) is 151 Å². The molecule has 0 amide bonds. The number of aryl methyl sites for hydroxylation is 3. The van der Waals surface area contributed by atoms with Crippen molar-refractivity contribution in [3.63, 3.8) is 0 Å². The Labute approximate surface area is 498 Å². The predicted molar refractivity (Wildman–Crippen MR) is 354 cm³/mol. The molecule has 0 radical (unpaired) electrons. The second kappa shape index (κ2) is 46.2. The second-order valence-electron chi connectivity index (χ2n) is 21.9. The van der Waals surface area contributed by atoms with E-state index in [1.54, 1.807) is 24.9 Å². The maximum absolute atomic E-state index is 4.88. The third kappa shape index (κ3) is 37.2. The minimum Gasteiger partial charge on any atom is -0.472 e. The first kappa shape index (κ1) is 91.1. The third-order valence-corrected chi connectivity index (χ3v) is 10.6. The van der Waals surface area contributed by atoms with Crippen LogP contribution in [-0.4, -0.2) is 74.2 Å². The number of hydrogen-bond donors (Lipinski definition) is 2. The van der Waals surface area contributed by atoms with Crippen molar-refractivity contribution in [1.82, 2.24) is 74.2 Å². The minimum absolute atomic E-state index is 0. The van der Waals surface area contributed by atoms with E-state index in [0.717, 1.165) is 29.0 Å². The maximum atomic E-state index is 4.88. The number of aromatic nitrogens is 15. The zero-order valence-corrected chi connectivity index (χ0v) is 49.1. The number of tetrazole rings is 1. The van der Waals surface area contributed by atoms with E-state index in [1.165, 1.54) is 16.8 Å². The predicted octanol–water partition coefficient (Wildman–Crippen LogP) is 19.8. The number of rotatable bonds is 7. The Bertz CT molecular complexity index is 2310. The molecule has 16 nitrogen and oxygen atoms in total. The van der Waals surface area contributed by atoms with Crippen LogP contribution < -0.4 is 0 Å². The highest BCUT2D eigenvalue weighted by Crippen LogP contribution is 2.23. The standard InChI is InChI=1S/C10H19N3.C8H14N2.C8H11N.C7H12N2.C7H11N.C7H10O.C6H10N2.C4H8N4.8CH4/c1-9(2,3)7-11-8(13-12-7)10(4,5)6;1-6(2)10-8(4)5-7(3)9-10;1-7(2)8-4-3-5-9-6-8;1-6(2)9-5-4-8-7(9)3;1-7(2)8-5-3-4-6-8;1-6(2)7-3-4-8-5-7;1-6(2)8-4-3-7-5-8;1-3(2)4-5-7-8-6-4;;;;;;;;/h1-6H3,(H,11,12,13);5-6H,1-4H3;3-7H,1-2H3;4-6H,1-3H3;3-7H,1-2H3;2*3-6H,1-2H3;3H,1-2H3,(H,5,6,7,8);8*1H4. The summed E-state index contributed by atoms with van der Waals surface area (Å²) in [5.41, 5.74) is 5.00. The van der Waals surface area contributed by atoms with Gasteiger partial charge in [0.15, 0.2) is 11.6 Å². The van der Waals surface area contributed by atoms with Gasteiger partial charge in [-0.3, -0.25) is 14.8 Å². The number of hydrogen-bond acceptors (Lipinski definition) is 10. The Kier molecular flexibility index (Phi) is 51.9. The number of nitrogens with one attached hydrogen (secondary N) is 2. The van der Waals surface area contributed by atoms with Gasteiger partial charge in [-0.2, -0.15) is 15.4 Å². The van der Waals surface area contributed by atoms with E-state index in [-0.39, 0.29) is 70.2 Å². The Morgan fingerprint density at radius 2 is 1.12 bits per heavy atom. The molecule has 8 rings (SSSR count). The molecule has 16 heteroatoms. The van der Waals surface area contributed by atoms with Crippen LogP contribution in [0.3, 0.4) is 0 Å². The van der Waals surface area contributed by atoms with E-state index in [9.17, 15) is 0 Å². The van der Waals surface area contributed by atoms with Crippen LogP contribution in [0.2, 0.25) is 0 Å². The molecule has 8 aromatic heterocycles. The summed E-state index contributed by atoms with van der Waals surface area (Å²) in [4.78, 5) is 16.5. The molecule has 0 aliphatic carbocycles. The highest BCUT2D eigenvalue weighted by Gasteiger charge is 2.24. The van der Waals surface area contributed by atoms with Crippen LogP contribution in [0.1, 0.15) is 286 Å². The fourth-order valence-electron chi connectivity index (χ4n) is 6.04. The molecule has 0 bridgehead atoms. The molecule has 468 valence electrons. The summed E-state index contributed by atoms with van der Waals surface area (Å²) in [6, 6.07) is 14.4. The molecule has 81 heavy (non-hydrogen) atoms. The normalized spacial score (nSPS) is 9.90. The lowest BCUT2D eigenvalue weighted by Gasteiger charge is -2.15. The van der Waals surface area contributed by atoms with Crippen LogP contribution >= 0.6 is 0 Å². The molecule has 0 aliphatic heterocycles. The molecule has 0 aliphatic rings. The van der Waals surface area contributed by atoms with Gasteiger partial charge >= 0.3 is 0 Å². The van der Waals surface area contributed by atoms with Crippen molar-refractivity contribution in [2.24, 2.45) is 0 Å². The number of pyridine rings is 1. The van der Waals surface area contributed by atoms with Gasteiger partial charge in [-0.25, -0.2) is 15.0 Å². The molecule has 0 aromatic carbocycles. The van der Waals surface area contributed by atoms with E-state index in [0.29, 0.717) is 41.9 Å². The zero-order chi connectivity index (χ0) is 55.5. The quantitative estimate of drug-likeness (QED) is 0.156. The van der Waals surface area contributed by atoms with Gasteiger partial charge in [0.25, 0.3) is 0 Å². The monoisotopic (exact) mass is 1130 g/mol. The van der Waals surface area contributed by atoms with Crippen LogP contribution in [0.5, 0.6) is 0 Å². The summed E-state index contributed by atoms with van der Waals surface area (Å²) in [5.74, 6) is 5.26. The van der Waals surface area contributed by atoms with Crippen LogP contribution in [0.4, 0.5) is 0 Å². The molecule has 0 spiro atoms. The Hall–Kier alpha value is -6.45. The first-order valence-electron chi connectivity index (χ1n) is 25.8. The third-order valence-electron chi connectivity index (χ3n) is 10.6. The summed E-state index contributed by atoms with van der Waals surface area (Å²) in [6.45, 7) is 48.6. The number of H-pyrrole nitrogens is 2. The van der Waals surface area contributed by atoms with Gasteiger partial charge in [-0.05, 0) is 129 Å². The van der Waals surface area contributed by atoms with Gasteiger partial charge in [-0.15, -0.1) is 10.2 Å². The van der Waals surface area contributed by atoms with Crippen molar-refractivity contribution >= 4 is 0 Å². The molecule has 8 heterocycles. The van der Waals surface area contributed by atoms with Gasteiger partial charge in [0.05, 0.1) is 24.5 Å². The van der Waals surface area contributed by atoms with Crippen molar-refractivity contribution < 1.29 is 4.42 Å². The van der Waals surface area contributed by atoms with Crippen LogP contribution in [0.15, 0.2) is 109 Å². The fourth-order valence-corrected chi connectivity index (χ4v) is 6.04. The molecule has 0 atom stereocenters. The number of nitrogens with zero attached hydrogens (tertiary/aromatic N) is 13. The van der Waals surface area contributed by atoms with Crippen molar-refractivity contribution in [1.29, 1.82) is 0 Å². The number of imidazole rings is 2.